The molecule has 1 aromatic carbocycles. The first-order valence-electron chi connectivity index (χ1n) is 6.11. The molecule has 1 unspecified atom stereocenters. The lowest BCUT2D eigenvalue weighted by molar-refractivity contribution is -0.149. The molecular formula is C14H21NO3. The molecule has 2 N–H and O–H groups in total. The molecule has 1 atom stereocenters. The molecule has 0 fully saturated rings. The van der Waals surface area contributed by atoms with Crippen molar-refractivity contribution < 1.29 is 14.3 Å². The molecular weight excluding hydrogens is 230 g/mol. The van der Waals surface area contributed by atoms with Gasteiger partial charge in [-0.3, -0.25) is 4.79 Å². The number of ether oxygens (including phenoxy) is 2. The number of benzene rings is 1. The molecule has 0 spiro atoms. The van der Waals surface area contributed by atoms with Crippen LogP contribution in [-0.4, -0.2) is 24.7 Å². The number of esters is 1. The van der Waals surface area contributed by atoms with Crippen LogP contribution in [0.5, 0.6) is 5.75 Å². The number of rotatable bonds is 6. The van der Waals surface area contributed by atoms with Crippen LogP contribution < -0.4 is 10.5 Å². The van der Waals surface area contributed by atoms with Crippen molar-refractivity contribution in [3.8, 4) is 5.75 Å². The summed E-state index contributed by atoms with van der Waals surface area (Å²) in [6.45, 7) is 6.15. The summed E-state index contributed by atoms with van der Waals surface area (Å²) in [4.78, 5) is 11.5. The number of carbonyl (C=O) groups excluding carboxylic acids is 1. The van der Waals surface area contributed by atoms with E-state index in [0.29, 0.717) is 19.6 Å². The average molecular weight is 251 g/mol. The van der Waals surface area contributed by atoms with Crippen molar-refractivity contribution in [1.29, 1.82) is 0 Å². The van der Waals surface area contributed by atoms with Gasteiger partial charge in [0.1, 0.15) is 11.3 Å². The third-order valence-electron chi connectivity index (χ3n) is 2.65. The monoisotopic (exact) mass is 251 g/mol. The van der Waals surface area contributed by atoms with Gasteiger partial charge in [-0.25, -0.2) is 0 Å². The van der Waals surface area contributed by atoms with Crippen LogP contribution >= 0.6 is 0 Å². The van der Waals surface area contributed by atoms with Crippen LogP contribution in [0.1, 0.15) is 25.8 Å². The van der Waals surface area contributed by atoms with Gasteiger partial charge >= 0.3 is 5.97 Å². The summed E-state index contributed by atoms with van der Waals surface area (Å²) in [6, 6.07) is 7.74. The smallest absolute Gasteiger partial charge is 0.325 e. The van der Waals surface area contributed by atoms with Crippen LogP contribution in [0, 0.1) is 6.92 Å². The minimum atomic E-state index is -0.999. The van der Waals surface area contributed by atoms with E-state index in [1.54, 1.807) is 13.8 Å². The fourth-order valence-electron chi connectivity index (χ4n) is 1.41. The van der Waals surface area contributed by atoms with E-state index in [1.165, 1.54) is 5.56 Å². The molecule has 0 amide bonds. The second kappa shape index (κ2) is 6.40. The first-order valence-corrected chi connectivity index (χ1v) is 6.11. The van der Waals surface area contributed by atoms with Gasteiger partial charge in [-0.1, -0.05) is 17.7 Å². The van der Waals surface area contributed by atoms with E-state index in [1.807, 2.05) is 31.2 Å². The molecule has 0 heterocycles. The largest absolute Gasteiger partial charge is 0.494 e. The maximum atomic E-state index is 11.5. The van der Waals surface area contributed by atoms with Gasteiger partial charge in [-0.15, -0.1) is 0 Å². The highest BCUT2D eigenvalue weighted by Crippen LogP contribution is 2.14. The Morgan fingerprint density at radius 3 is 2.50 bits per heavy atom. The Morgan fingerprint density at radius 2 is 1.94 bits per heavy atom. The summed E-state index contributed by atoms with van der Waals surface area (Å²) in [6.07, 6.45) is 0.416. The van der Waals surface area contributed by atoms with Crippen molar-refractivity contribution in [2.45, 2.75) is 32.7 Å². The van der Waals surface area contributed by atoms with Gasteiger partial charge in [0.05, 0.1) is 13.2 Å². The van der Waals surface area contributed by atoms with Crippen LogP contribution in [0.25, 0.3) is 0 Å². The van der Waals surface area contributed by atoms with E-state index in [-0.39, 0.29) is 0 Å². The van der Waals surface area contributed by atoms with E-state index < -0.39 is 11.5 Å². The second-order valence-electron chi connectivity index (χ2n) is 4.55. The van der Waals surface area contributed by atoms with E-state index >= 15 is 0 Å². The van der Waals surface area contributed by atoms with Crippen molar-refractivity contribution in [2.75, 3.05) is 13.2 Å². The van der Waals surface area contributed by atoms with E-state index in [4.69, 9.17) is 15.2 Å². The zero-order chi connectivity index (χ0) is 13.6. The average Bonchev–Trinajstić information content (AvgIpc) is 2.32. The zero-order valence-corrected chi connectivity index (χ0v) is 11.2. The van der Waals surface area contributed by atoms with Crippen molar-refractivity contribution in [2.24, 2.45) is 5.73 Å². The van der Waals surface area contributed by atoms with Crippen LogP contribution in [0.2, 0.25) is 0 Å². The SMILES string of the molecule is CCOC(=O)C(C)(N)CCOc1ccc(C)cc1. The van der Waals surface area contributed by atoms with Gasteiger partial charge < -0.3 is 15.2 Å². The topological polar surface area (TPSA) is 61.5 Å². The number of carbonyl (C=O) groups is 1. The molecule has 0 saturated carbocycles. The summed E-state index contributed by atoms with van der Waals surface area (Å²) < 4.78 is 10.4. The zero-order valence-electron chi connectivity index (χ0n) is 11.2. The Kier molecular flexibility index (Phi) is 5.16. The Hall–Kier alpha value is -1.55. The lowest BCUT2D eigenvalue weighted by atomic mass is 10.0. The van der Waals surface area contributed by atoms with E-state index in [0.717, 1.165) is 5.75 Å². The summed E-state index contributed by atoms with van der Waals surface area (Å²) in [5.74, 6) is 0.387. The summed E-state index contributed by atoms with van der Waals surface area (Å²) in [5.41, 5.74) is 6.06. The molecule has 0 saturated heterocycles. The molecule has 0 aliphatic rings. The van der Waals surface area contributed by atoms with Crippen LogP contribution in [-0.2, 0) is 9.53 Å². The molecule has 4 nitrogen and oxygen atoms in total. The first kappa shape index (κ1) is 14.5. The Balaban J connectivity index is 2.41. The highest BCUT2D eigenvalue weighted by atomic mass is 16.5. The van der Waals surface area contributed by atoms with Crippen molar-refractivity contribution in [1.82, 2.24) is 0 Å². The van der Waals surface area contributed by atoms with Crippen molar-refractivity contribution >= 4 is 5.97 Å². The normalized spacial score (nSPS) is 13.8. The van der Waals surface area contributed by atoms with Crippen LogP contribution in [0.3, 0.4) is 0 Å². The van der Waals surface area contributed by atoms with Gasteiger partial charge in [0, 0.05) is 6.42 Å². The third kappa shape index (κ3) is 4.37. The molecule has 0 bridgehead atoms. The highest BCUT2D eigenvalue weighted by molar-refractivity contribution is 5.79. The van der Waals surface area contributed by atoms with Crippen LogP contribution in [0.15, 0.2) is 24.3 Å². The molecule has 1 aromatic rings. The molecule has 0 aliphatic heterocycles. The van der Waals surface area contributed by atoms with Gasteiger partial charge in [-0.05, 0) is 32.9 Å². The number of hydrogen-bond acceptors (Lipinski definition) is 4. The fourth-order valence-corrected chi connectivity index (χ4v) is 1.41. The van der Waals surface area contributed by atoms with Gasteiger partial charge in [0.15, 0.2) is 0 Å². The lowest BCUT2D eigenvalue weighted by Gasteiger charge is -2.22. The van der Waals surface area contributed by atoms with Crippen molar-refractivity contribution in [3.05, 3.63) is 29.8 Å². The summed E-state index contributed by atoms with van der Waals surface area (Å²) in [7, 11) is 0. The Bertz CT molecular complexity index is 385. The standard InChI is InChI=1S/C14H21NO3/c1-4-17-13(16)14(3,15)9-10-18-12-7-5-11(2)6-8-12/h5-8H,4,9-10,15H2,1-3H3. The third-order valence-corrected chi connectivity index (χ3v) is 2.65. The van der Waals surface area contributed by atoms with Crippen molar-refractivity contribution in [3.63, 3.8) is 0 Å². The number of aryl methyl sites for hydroxylation is 1. The maximum absolute atomic E-state index is 11.5. The molecule has 18 heavy (non-hydrogen) atoms. The summed E-state index contributed by atoms with van der Waals surface area (Å²) >= 11 is 0. The predicted octanol–water partition coefficient (Wildman–Crippen LogP) is 2.04. The first-order chi connectivity index (χ1) is 8.45. The molecule has 0 aromatic heterocycles. The Morgan fingerprint density at radius 1 is 1.33 bits per heavy atom. The maximum Gasteiger partial charge on any atom is 0.325 e. The van der Waals surface area contributed by atoms with Crippen LogP contribution in [0.4, 0.5) is 0 Å². The van der Waals surface area contributed by atoms with E-state index in [9.17, 15) is 4.79 Å². The Labute approximate surface area is 108 Å². The molecule has 100 valence electrons. The predicted molar refractivity (Wildman–Crippen MR) is 70.5 cm³/mol. The highest BCUT2D eigenvalue weighted by Gasteiger charge is 2.29. The number of hydrogen-bond donors (Lipinski definition) is 1. The number of nitrogens with two attached hydrogens (primary N) is 1. The second-order valence-corrected chi connectivity index (χ2v) is 4.55. The van der Waals surface area contributed by atoms with Gasteiger partial charge in [-0.2, -0.15) is 0 Å². The minimum Gasteiger partial charge on any atom is -0.494 e. The van der Waals surface area contributed by atoms with Gasteiger partial charge in [0.2, 0.25) is 0 Å². The molecule has 0 radical (unpaired) electrons. The fraction of sp³-hybridized carbons (Fsp3) is 0.500. The van der Waals surface area contributed by atoms with Gasteiger partial charge in [0.25, 0.3) is 0 Å². The molecule has 4 heteroatoms. The summed E-state index contributed by atoms with van der Waals surface area (Å²) in [5, 5.41) is 0. The van der Waals surface area contributed by atoms with E-state index in [2.05, 4.69) is 0 Å². The lowest BCUT2D eigenvalue weighted by Crippen LogP contribution is -2.47. The molecule has 1 rings (SSSR count). The molecule has 0 aliphatic carbocycles. The quantitative estimate of drug-likeness (QED) is 0.786. The minimum absolute atomic E-state index is 0.338.